The third kappa shape index (κ3) is 4.32. The van der Waals surface area contributed by atoms with Crippen molar-refractivity contribution in [3.8, 4) is 11.4 Å². The number of benzene rings is 1. The summed E-state index contributed by atoms with van der Waals surface area (Å²) in [5.41, 5.74) is 0.857. The summed E-state index contributed by atoms with van der Waals surface area (Å²) >= 11 is 8.57. The highest BCUT2D eigenvalue weighted by atomic mass is 35.5. The summed E-state index contributed by atoms with van der Waals surface area (Å²) in [6.45, 7) is 2.62. The molecule has 26 heavy (non-hydrogen) atoms. The summed E-state index contributed by atoms with van der Waals surface area (Å²) in [4.78, 5) is 24.4. The van der Waals surface area contributed by atoms with Crippen molar-refractivity contribution in [1.29, 1.82) is 0 Å². The predicted molar refractivity (Wildman–Crippen MR) is 104 cm³/mol. The van der Waals surface area contributed by atoms with E-state index in [4.69, 9.17) is 11.6 Å². The highest BCUT2D eigenvalue weighted by molar-refractivity contribution is 7.99. The molecule has 0 saturated carbocycles. The molecule has 0 atom stereocenters. The lowest BCUT2D eigenvalue weighted by Gasteiger charge is -2.07. The summed E-state index contributed by atoms with van der Waals surface area (Å²) in [7, 11) is 0. The van der Waals surface area contributed by atoms with Gasteiger partial charge in [0.25, 0.3) is 5.91 Å². The summed E-state index contributed by atoms with van der Waals surface area (Å²) in [6, 6.07) is 10.8. The van der Waals surface area contributed by atoms with Gasteiger partial charge < -0.3 is 4.57 Å². The molecule has 3 aromatic rings. The van der Waals surface area contributed by atoms with E-state index in [1.807, 2.05) is 29.7 Å². The van der Waals surface area contributed by atoms with Gasteiger partial charge in [-0.15, -0.1) is 21.5 Å². The van der Waals surface area contributed by atoms with Crippen molar-refractivity contribution < 1.29 is 9.59 Å². The predicted octanol–water partition coefficient (Wildman–Crippen LogP) is 3.73. The van der Waals surface area contributed by atoms with Gasteiger partial charge in [0.2, 0.25) is 5.91 Å². The van der Waals surface area contributed by atoms with Gasteiger partial charge in [0, 0.05) is 17.1 Å². The molecule has 0 saturated heterocycles. The van der Waals surface area contributed by atoms with Crippen LogP contribution in [0.5, 0.6) is 0 Å². The average Bonchev–Trinajstić information content (AvgIpc) is 3.29. The Hall–Kier alpha value is -2.16. The molecule has 9 heteroatoms. The van der Waals surface area contributed by atoms with Crippen LogP contribution in [-0.4, -0.2) is 32.3 Å². The molecular formula is C17H15ClN4O2S2. The first-order valence-corrected chi connectivity index (χ1v) is 10.0. The second kappa shape index (κ2) is 8.48. The van der Waals surface area contributed by atoms with E-state index >= 15 is 0 Å². The van der Waals surface area contributed by atoms with E-state index in [9.17, 15) is 9.59 Å². The number of imide groups is 1. The number of aromatic nitrogens is 3. The average molecular weight is 407 g/mol. The van der Waals surface area contributed by atoms with Crippen LogP contribution >= 0.6 is 34.7 Å². The Morgan fingerprint density at radius 3 is 2.81 bits per heavy atom. The van der Waals surface area contributed by atoms with Gasteiger partial charge in [0.1, 0.15) is 0 Å². The van der Waals surface area contributed by atoms with Crippen LogP contribution in [0.15, 0.2) is 46.9 Å². The lowest BCUT2D eigenvalue weighted by Crippen LogP contribution is -2.31. The minimum atomic E-state index is -0.387. The Balaban J connectivity index is 1.67. The zero-order valence-electron chi connectivity index (χ0n) is 13.8. The molecule has 0 unspecified atom stereocenters. The molecule has 0 aliphatic rings. The SMILES string of the molecule is CCn1c(SCC(=O)NC(=O)c2cccs2)nnc1-c1cccc(Cl)c1. The molecular weight excluding hydrogens is 392 g/mol. The minimum absolute atomic E-state index is 0.0742. The third-order valence-corrected chi connectivity index (χ3v) is 5.52. The minimum Gasteiger partial charge on any atom is -0.302 e. The Bertz CT molecular complexity index is 925. The normalized spacial score (nSPS) is 10.7. The number of hydrogen-bond donors (Lipinski definition) is 1. The fourth-order valence-electron chi connectivity index (χ4n) is 2.28. The maximum atomic E-state index is 12.0. The molecule has 1 aromatic carbocycles. The largest absolute Gasteiger partial charge is 0.302 e. The number of carbonyl (C=O) groups is 2. The van der Waals surface area contributed by atoms with Crippen LogP contribution in [0.25, 0.3) is 11.4 Å². The van der Waals surface area contributed by atoms with Crippen LogP contribution in [0, 0.1) is 0 Å². The topological polar surface area (TPSA) is 76.9 Å². The van der Waals surface area contributed by atoms with Gasteiger partial charge in [-0.2, -0.15) is 0 Å². The molecule has 1 N–H and O–H groups in total. The second-order valence-corrected chi connectivity index (χ2v) is 7.53. The number of thiophene rings is 1. The molecule has 2 heterocycles. The molecule has 134 valence electrons. The lowest BCUT2D eigenvalue weighted by molar-refractivity contribution is -0.117. The van der Waals surface area contributed by atoms with Crippen LogP contribution in [0.4, 0.5) is 0 Å². The van der Waals surface area contributed by atoms with Gasteiger partial charge in [-0.25, -0.2) is 0 Å². The highest BCUT2D eigenvalue weighted by Gasteiger charge is 2.16. The molecule has 2 aromatic heterocycles. The summed E-state index contributed by atoms with van der Waals surface area (Å²) in [5, 5.41) is 13.8. The highest BCUT2D eigenvalue weighted by Crippen LogP contribution is 2.25. The number of rotatable bonds is 6. The molecule has 6 nitrogen and oxygen atoms in total. The number of nitrogens with one attached hydrogen (secondary N) is 1. The smallest absolute Gasteiger partial charge is 0.267 e. The van der Waals surface area contributed by atoms with Crippen molar-refractivity contribution in [2.24, 2.45) is 0 Å². The molecule has 3 rings (SSSR count). The Kier molecular flexibility index (Phi) is 6.08. The monoisotopic (exact) mass is 406 g/mol. The first-order chi connectivity index (χ1) is 12.6. The number of halogens is 1. The van der Waals surface area contributed by atoms with E-state index in [0.717, 1.165) is 5.56 Å². The molecule has 0 aliphatic carbocycles. The number of amides is 2. The number of carbonyl (C=O) groups excluding carboxylic acids is 2. The Labute approximate surface area is 163 Å². The number of hydrogen-bond acceptors (Lipinski definition) is 6. The van der Waals surface area contributed by atoms with Crippen LogP contribution in [-0.2, 0) is 11.3 Å². The summed E-state index contributed by atoms with van der Waals surface area (Å²) in [6.07, 6.45) is 0. The van der Waals surface area contributed by atoms with Gasteiger partial charge in [-0.1, -0.05) is 41.6 Å². The fourth-order valence-corrected chi connectivity index (χ4v) is 3.90. The van der Waals surface area contributed by atoms with Crippen molar-refractivity contribution in [2.75, 3.05) is 5.75 Å². The quantitative estimate of drug-likeness (QED) is 0.631. The standard InChI is InChI=1S/C17H15ClN4O2S2/c1-2-22-15(11-5-3-6-12(18)9-11)20-21-17(22)26-10-14(23)19-16(24)13-7-4-8-25-13/h3-9H,2,10H2,1H3,(H,19,23,24). The second-order valence-electron chi connectivity index (χ2n) is 5.20. The van der Waals surface area contributed by atoms with Crippen LogP contribution in [0.1, 0.15) is 16.6 Å². The maximum Gasteiger partial charge on any atom is 0.267 e. The third-order valence-electron chi connectivity index (χ3n) is 3.45. The van der Waals surface area contributed by atoms with Gasteiger partial charge >= 0.3 is 0 Å². The van der Waals surface area contributed by atoms with Crippen LogP contribution in [0.2, 0.25) is 5.02 Å². The van der Waals surface area contributed by atoms with Crippen LogP contribution < -0.4 is 5.32 Å². The van der Waals surface area contributed by atoms with E-state index < -0.39 is 0 Å². The van der Waals surface area contributed by atoms with Gasteiger partial charge in [0.05, 0.1) is 10.6 Å². The van der Waals surface area contributed by atoms with Gasteiger partial charge in [0.15, 0.2) is 11.0 Å². The zero-order chi connectivity index (χ0) is 18.5. The Morgan fingerprint density at radius 1 is 1.27 bits per heavy atom. The van der Waals surface area contributed by atoms with Crippen molar-refractivity contribution in [3.05, 3.63) is 51.7 Å². The van der Waals surface area contributed by atoms with Crippen LogP contribution in [0.3, 0.4) is 0 Å². The summed E-state index contributed by atoms with van der Waals surface area (Å²) in [5.74, 6) is 0.00300. The van der Waals surface area contributed by atoms with E-state index in [-0.39, 0.29) is 17.6 Å². The molecule has 0 aliphatic heterocycles. The number of thioether (sulfide) groups is 1. The molecule has 0 spiro atoms. The van der Waals surface area contributed by atoms with E-state index in [0.29, 0.717) is 27.4 Å². The van der Waals surface area contributed by atoms with Crippen molar-refractivity contribution in [2.45, 2.75) is 18.6 Å². The number of nitrogens with zero attached hydrogens (tertiary/aromatic N) is 3. The maximum absolute atomic E-state index is 12.0. The fraction of sp³-hybridized carbons (Fsp3) is 0.176. The van der Waals surface area contributed by atoms with E-state index in [1.165, 1.54) is 23.1 Å². The van der Waals surface area contributed by atoms with Gasteiger partial charge in [-0.05, 0) is 30.5 Å². The van der Waals surface area contributed by atoms with Gasteiger partial charge in [-0.3, -0.25) is 14.9 Å². The Morgan fingerprint density at radius 2 is 2.12 bits per heavy atom. The van der Waals surface area contributed by atoms with Crippen molar-refractivity contribution >= 4 is 46.5 Å². The summed E-state index contributed by atoms with van der Waals surface area (Å²) < 4.78 is 1.91. The molecule has 0 bridgehead atoms. The van der Waals surface area contributed by atoms with E-state index in [1.54, 1.807) is 23.6 Å². The first-order valence-electron chi connectivity index (χ1n) is 7.78. The molecule has 0 fully saturated rings. The van der Waals surface area contributed by atoms with Crippen molar-refractivity contribution in [3.63, 3.8) is 0 Å². The first kappa shape index (κ1) is 18.6. The molecule has 2 amide bonds. The lowest BCUT2D eigenvalue weighted by atomic mass is 10.2. The van der Waals surface area contributed by atoms with Crippen molar-refractivity contribution in [1.82, 2.24) is 20.1 Å². The molecule has 0 radical (unpaired) electrons. The van der Waals surface area contributed by atoms with E-state index in [2.05, 4.69) is 15.5 Å². The zero-order valence-corrected chi connectivity index (χ0v) is 16.2.